The van der Waals surface area contributed by atoms with Crippen LogP contribution in [0.4, 0.5) is 4.39 Å². The molecule has 0 aliphatic heterocycles. The van der Waals surface area contributed by atoms with E-state index in [0.717, 1.165) is 15.4 Å². The molecule has 2 nitrogen and oxygen atoms in total. The third kappa shape index (κ3) is 3.46. The number of thiazole rings is 1. The molecule has 0 amide bonds. The first-order valence-electron chi connectivity index (χ1n) is 5.31. The number of carbonyl (C=O) groups excluding carboxylic acids is 1. The quantitative estimate of drug-likeness (QED) is 0.833. The number of benzene rings is 1. The fraction of sp³-hybridized carbons (Fsp3) is 0.231. The number of hydrogen-bond acceptors (Lipinski definition) is 3. The smallest absolute Gasteiger partial charge is 0.135 e. The highest BCUT2D eigenvalue weighted by molar-refractivity contribution is 7.11. The lowest BCUT2D eigenvalue weighted by molar-refractivity contribution is -0.116. The van der Waals surface area contributed by atoms with Crippen LogP contribution in [0, 0.1) is 5.82 Å². The van der Waals surface area contributed by atoms with Crippen LogP contribution in [0.1, 0.15) is 22.4 Å². The van der Waals surface area contributed by atoms with Crippen LogP contribution in [0.5, 0.6) is 0 Å². The van der Waals surface area contributed by atoms with Crippen LogP contribution >= 0.6 is 11.3 Å². The molecule has 1 heterocycles. The molecule has 0 saturated carbocycles. The Balaban J connectivity index is 2.06. The average Bonchev–Trinajstić information content (AvgIpc) is 2.68. The van der Waals surface area contributed by atoms with Gasteiger partial charge in [0.1, 0.15) is 11.6 Å². The minimum Gasteiger partial charge on any atom is -0.300 e. The van der Waals surface area contributed by atoms with E-state index in [0.29, 0.717) is 12.8 Å². The van der Waals surface area contributed by atoms with Crippen LogP contribution in [-0.2, 0) is 17.6 Å². The van der Waals surface area contributed by atoms with Crippen LogP contribution in [0.2, 0.25) is 0 Å². The molecule has 0 aliphatic rings. The molecule has 0 aliphatic carbocycles. The van der Waals surface area contributed by atoms with Crippen molar-refractivity contribution in [2.24, 2.45) is 0 Å². The number of ketones is 1. The van der Waals surface area contributed by atoms with E-state index in [-0.39, 0.29) is 11.6 Å². The van der Waals surface area contributed by atoms with Gasteiger partial charge in [-0.05, 0) is 24.6 Å². The molecule has 0 fully saturated rings. The molecule has 0 bridgehead atoms. The molecule has 1 aromatic carbocycles. The van der Waals surface area contributed by atoms with Crippen molar-refractivity contribution in [1.29, 1.82) is 0 Å². The highest BCUT2D eigenvalue weighted by Crippen LogP contribution is 2.17. The van der Waals surface area contributed by atoms with Gasteiger partial charge in [-0.3, -0.25) is 4.79 Å². The largest absolute Gasteiger partial charge is 0.300 e. The summed E-state index contributed by atoms with van der Waals surface area (Å²) < 4.78 is 12.7. The molecule has 0 N–H and O–H groups in total. The van der Waals surface area contributed by atoms with E-state index < -0.39 is 0 Å². The lowest BCUT2D eigenvalue weighted by atomic mass is 10.2. The fourth-order valence-electron chi connectivity index (χ4n) is 1.53. The second-order valence-corrected chi connectivity index (χ2v) is 5.10. The first-order chi connectivity index (χ1) is 8.13. The van der Waals surface area contributed by atoms with Crippen molar-refractivity contribution in [2.75, 3.05) is 0 Å². The second-order valence-electron chi connectivity index (χ2n) is 3.90. The van der Waals surface area contributed by atoms with Gasteiger partial charge in [-0.25, -0.2) is 9.37 Å². The molecule has 88 valence electrons. The molecule has 0 atom stereocenters. The number of Topliss-reactive ketones (excluding diaryl/α,β-unsaturated/α-hetero) is 1. The molecule has 0 saturated heterocycles. The van der Waals surface area contributed by atoms with Crippen molar-refractivity contribution in [1.82, 2.24) is 4.98 Å². The summed E-state index contributed by atoms with van der Waals surface area (Å²) in [4.78, 5) is 16.2. The summed E-state index contributed by atoms with van der Waals surface area (Å²) in [5.41, 5.74) is 1.02. The minimum atomic E-state index is -0.231. The molecular formula is C13H12FNOS. The Morgan fingerprint density at radius 2 is 2.06 bits per heavy atom. The van der Waals surface area contributed by atoms with Crippen LogP contribution in [0.25, 0.3) is 0 Å². The highest BCUT2D eigenvalue weighted by atomic mass is 32.1. The van der Waals surface area contributed by atoms with Crippen molar-refractivity contribution in [2.45, 2.75) is 19.8 Å². The third-order valence-corrected chi connectivity index (χ3v) is 3.29. The van der Waals surface area contributed by atoms with Gasteiger partial charge in [0.05, 0.1) is 5.01 Å². The zero-order valence-electron chi connectivity index (χ0n) is 9.44. The van der Waals surface area contributed by atoms with Crippen LogP contribution in [-0.4, -0.2) is 10.8 Å². The Morgan fingerprint density at radius 1 is 1.35 bits per heavy atom. The summed E-state index contributed by atoms with van der Waals surface area (Å²) in [7, 11) is 0. The van der Waals surface area contributed by atoms with Crippen molar-refractivity contribution in [3.05, 3.63) is 51.7 Å². The predicted molar refractivity (Wildman–Crippen MR) is 65.7 cm³/mol. The Bertz CT molecular complexity index is 518. The molecule has 0 spiro atoms. The number of hydrogen-bond donors (Lipinski definition) is 0. The van der Waals surface area contributed by atoms with Crippen LogP contribution in [0.3, 0.4) is 0 Å². The molecule has 1 aromatic heterocycles. The molecule has 0 unspecified atom stereocenters. The van der Waals surface area contributed by atoms with Gasteiger partial charge in [0.25, 0.3) is 0 Å². The molecule has 17 heavy (non-hydrogen) atoms. The van der Waals surface area contributed by atoms with Gasteiger partial charge in [0, 0.05) is 23.9 Å². The maximum absolute atomic E-state index is 12.7. The molecule has 0 radical (unpaired) electrons. The Hall–Kier alpha value is -1.55. The van der Waals surface area contributed by atoms with Crippen molar-refractivity contribution in [3.63, 3.8) is 0 Å². The summed E-state index contributed by atoms with van der Waals surface area (Å²) in [5, 5.41) is 0.952. The van der Waals surface area contributed by atoms with Gasteiger partial charge in [-0.1, -0.05) is 12.1 Å². The number of nitrogens with zero attached hydrogens (tertiary/aromatic N) is 1. The SMILES string of the molecule is CC(=O)Cc1cnc(Cc2ccc(F)cc2)s1. The minimum absolute atomic E-state index is 0.141. The topological polar surface area (TPSA) is 30.0 Å². The second kappa shape index (κ2) is 5.19. The van der Waals surface area contributed by atoms with Crippen LogP contribution in [0.15, 0.2) is 30.5 Å². The van der Waals surface area contributed by atoms with E-state index in [4.69, 9.17) is 0 Å². The molecule has 2 rings (SSSR count). The van der Waals surface area contributed by atoms with E-state index in [1.807, 2.05) is 0 Å². The average molecular weight is 249 g/mol. The highest BCUT2D eigenvalue weighted by Gasteiger charge is 2.05. The van der Waals surface area contributed by atoms with Gasteiger partial charge in [0.2, 0.25) is 0 Å². The molecule has 4 heteroatoms. The fourth-order valence-corrected chi connectivity index (χ4v) is 2.56. The van der Waals surface area contributed by atoms with E-state index in [1.165, 1.54) is 23.5 Å². The Labute approximate surface area is 103 Å². The summed E-state index contributed by atoms with van der Waals surface area (Å²) in [6.45, 7) is 1.57. The lowest BCUT2D eigenvalue weighted by Gasteiger charge is -1.97. The van der Waals surface area contributed by atoms with Gasteiger partial charge in [-0.2, -0.15) is 0 Å². The summed E-state index contributed by atoms with van der Waals surface area (Å²) in [5.74, 6) is -0.0906. The van der Waals surface area contributed by atoms with Crippen LogP contribution < -0.4 is 0 Å². The number of carbonyl (C=O) groups is 1. The monoisotopic (exact) mass is 249 g/mol. The van der Waals surface area contributed by atoms with Gasteiger partial charge >= 0.3 is 0 Å². The van der Waals surface area contributed by atoms with Crippen molar-refractivity contribution in [3.8, 4) is 0 Å². The summed E-state index contributed by atoms with van der Waals surface area (Å²) in [6.07, 6.45) is 2.87. The van der Waals surface area contributed by atoms with Gasteiger partial charge < -0.3 is 0 Å². The van der Waals surface area contributed by atoms with E-state index in [1.54, 1.807) is 25.3 Å². The summed E-state index contributed by atoms with van der Waals surface area (Å²) in [6, 6.07) is 6.39. The van der Waals surface area contributed by atoms with Crippen molar-refractivity contribution >= 4 is 17.1 Å². The molecular weight excluding hydrogens is 237 g/mol. The van der Waals surface area contributed by atoms with Gasteiger partial charge in [0.15, 0.2) is 0 Å². The zero-order chi connectivity index (χ0) is 12.3. The number of aromatic nitrogens is 1. The number of halogens is 1. The first kappa shape index (κ1) is 11.9. The third-order valence-electron chi connectivity index (χ3n) is 2.29. The first-order valence-corrected chi connectivity index (χ1v) is 6.12. The van der Waals surface area contributed by atoms with E-state index in [9.17, 15) is 9.18 Å². The lowest BCUT2D eigenvalue weighted by Crippen LogP contribution is -1.92. The normalized spacial score (nSPS) is 10.5. The van der Waals surface area contributed by atoms with E-state index >= 15 is 0 Å². The Kier molecular flexibility index (Phi) is 3.64. The Morgan fingerprint density at radius 3 is 2.71 bits per heavy atom. The van der Waals surface area contributed by atoms with Gasteiger partial charge in [-0.15, -0.1) is 11.3 Å². The maximum atomic E-state index is 12.7. The zero-order valence-corrected chi connectivity index (χ0v) is 10.3. The predicted octanol–water partition coefficient (Wildman–Crippen LogP) is 3.00. The maximum Gasteiger partial charge on any atom is 0.135 e. The number of rotatable bonds is 4. The standard InChI is InChI=1S/C13H12FNOS/c1-9(16)6-12-8-15-13(17-12)7-10-2-4-11(14)5-3-10/h2-5,8H,6-7H2,1H3. The van der Waals surface area contributed by atoms with Crippen molar-refractivity contribution < 1.29 is 9.18 Å². The summed E-state index contributed by atoms with van der Waals surface area (Å²) >= 11 is 1.53. The molecule has 2 aromatic rings. The van der Waals surface area contributed by atoms with E-state index in [2.05, 4.69) is 4.98 Å².